The van der Waals surface area contributed by atoms with Gasteiger partial charge in [0.05, 0.1) is 5.92 Å². The van der Waals surface area contributed by atoms with E-state index in [0.29, 0.717) is 18.7 Å². The maximum Gasteiger partial charge on any atom is 0.251 e. The molecule has 6 heteroatoms. The highest BCUT2D eigenvalue weighted by molar-refractivity contribution is 5.98. The normalized spacial score (nSPS) is 17.3. The fraction of sp³-hybridized carbons (Fsp3) is 0.348. The van der Waals surface area contributed by atoms with Gasteiger partial charge >= 0.3 is 0 Å². The standard InChI is InChI=1S/C23H27N3O3/c1-16-8-6-9-18(14-16)21(27)24-17(2)23(29)26-13-7-10-19(15-26)22(28)25-20-11-4-3-5-12-20/h3-6,8-9,11-12,14,17,19H,7,10,13,15H2,1-2H3,(H,24,27)(H,25,28)/t17-,19?/m0/s1. The first-order chi connectivity index (χ1) is 13.9. The Hall–Kier alpha value is -3.15. The van der Waals surface area contributed by atoms with Crippen LogP contribution in [0.25, 0.3) is 0 Å². The summed E-state index contributed by atoms with van der Waals surface area (Å²) >= 11 is 0. The number of para-hydroxylation sites is 1. The number of piperidine rings is 1. The first-order valence-electron chi connectivity index (χ1n) is 9.96. The number of amides is 3. The van der Waals surface area contributed by atoms with Gasteiger partial charge in [0, 0.05) is 24.3 Å². The minimum Gasteiger partial charge on any atom is -0.341 e. The van der Waals surface area contributed by atoms with Crippen LogP contribution in [0.15, 0.2) is 54.6 Å². The van der Waals surface area contributed by atoms with Crippen LogP contribution < -0.4 is 10.6 Å². The third-order valence-electron chi connectivity index (χ3n) is 5.14. The molecular formula is C23H27N3O3. The molecule has 2 aromatic carbocycles. The highest BCUT2D eigenvalue weighted by Crippen LogP contribution is 2.19. The molecular weight excluding hydrogens is 366 g/mol. The molecule has 1 fully saturated rings. The number of carbonyl (C=O) groups is 3. The summed E-state index contributed by atoms with van der Waals surface area (Å²) in [5, 5.41) is 5.69. The number of hydrogen-bond acceptors (Lipinski definition) is 3. The Kier molecular flexibility index (Phi) is 6.65. The largest absolute Gasteiger partial charge is 0.341 e. The van der Waals surface area contributed by atoms with Crippen molar-refractivity contribution in [3.8, 4) is 0 Å². The zero-order valence-electron chi connectivity index (χ0n) is 16.9. The summed E-state index contributed by atoms with van der Waals surface area (Å²) in [6.07, 6.45) is 1.50. The van der Waals surface area contributed by atoms with E-state index in [9.17, 15) is 14.4 Å². The van der Waals surface area contributed by atoms with Crippen molar-refractivity contribution in [2.75, 3.05) is 18.4 Å². The Morgan fingerprint density at radius 3 is 2.55 bits per heavy atom. The molecule has 0 saturated carbocycles. The lowest BCUT2D eigenvalue weighted by molar-refractivity contribution is -0.136. The monoisotopic (exact) mass is 393 g/mol. The zero-order valence-corrected chi connectivity index (χ0v) is 16.9. The summed E-state index contributed by atoms with van der Waals surface area (Å²) < 4.78 is 0. The maximum atomic E-state index is 12.8. The first-order valence-corrected chi connectivity index (χ1v) is 9.96. The lowest BCUT2D eigenvalue weighted by Gasteiger charge is -2.33. The lowest BCUT2D eigenvalue weighted by Crippen LogP contribution is -2.51. The van der Waals surface area contributed by atoms with Crippen LogP contribution in [0, 0.1) is 12.8 Å². The minimum absolute atomic E-state index is 0.0786. The Labute approximate surface area is 171 Å². The molecule has 2 atom stereocenters. The van der Waals surface area contributed by atoms with Gasteiger partial charge in [0.1, 0.15) is 6.04 Å². The topological polar surface area (TPSA) is 78.5 Å². The van der Waals surface area contributed by atoms with Crippen LogP contribution in [0.5, 0.6) is 0 Å². The molecule has 6 nitrogen and oxygen atoms in total. The molecule has 2 aromatic rings. The Bertz CT molecular complexity index is 882. The van der Waals surface area contributed by atoms with Crippen molar-refractivity contribution >= 4 is 23.4 Å². The first kappa shape index (κ1) is 20.6. The van der Waals surface area contributed by atoms with Gasteiger partial charge in [-0.05, 0) is 51.0 Å². The summed E-state index contributed by atoms with van der Waals surface area (Å²) in [5.41, 5.74) is 2.27. The lowest BCUT2D eigenvalue weighted by atomic mass is 9.96. The van der Waals surface area contributed by atoms with Crippen LogP contribution in [-0.4, -0.2) is 41.8 Å². The average molecular weight is 393 g/mol. The number of anilines is 1. The van der Waals surface area contributed by atoms with Crippen LogP contribution in [0.1, 0.15) is 35.7 Å². The number of nitrogens with one attached hydrogen (secondary N) is 2. The van der Waals surface area contributed by atoms with E-state index in [1.54, 1.807) is 24.0 Å². The van der Waals surface area contributed by atoms with Crippen LogP contribution in [0.4, 0.5) is 5.69 Å². The van der Waals surface area contributed by atoms with E-state index < -0.39 is 6.04 Å². The molecule has 1 unspecified atom stereocenters. The second kappa shape index (κ2) is 9.37. The van der Waals surface area contributed by atoms with Crippen molar-refractivity contribution in [2.24, 2.45) is 5.92 Å². The number of likely N-dealkylation sites (tertiary alicyclic amines) is 1. The van der Waals surface area contributed by atoms with Crippen molar-refractivity contribution in [1.82, 2.24) is 10.2 Å². The van der Waals surface area contributed by atoms with E-state index >= 15 is 0 Å². The van der Waals surface area contributed by atoms with Gasteiger partial charge in [0.2, 0.25) is 11.8 Å². The predicted molar refractivity (Wildman–Crippen MR) is 112 cm³/mol. The summed E-state index contributed by atoms with van der Waals surface area (Å²) in [4.78, 5) is 39.5. The van der Waals surface area contributed by atoms with Gasteiger partial charge in [-0.3, -0.25) is 14.4 Å². The molecule has 0 bridgehead atoms. The molecule has 0 aliphatic carbocycles. The SMILES string of the molecule is Cc1cccc(C(=O)N[C@@H](C)C(=O)N2CCCC(C(=O)Nc3ccccc3)C2)c1. The van der Waals surface area contributed by atoms with Gasteiger partial charge in [0.15, 0.2) is 0 Å². The van der Waals surface area contributed by atoms with E-state index in [1.807, 2.05) is 49.4 Å². The Balaban J connectivity index is 1.57. The van der Waals surface area contributed by atoms with Gasteiger partial charge < -0.3 is 15.5 Å². The van der Waals surface area contributed by atoms with Crippen molar-refractivity contribution in [2.45, 2.75) is 32.7 Å². The molecule has 2 N–H and O–H groups in total. The number of hydrogen-bond donors (Lipinski definition) is 2. The van der Waals surface area contributed by atoms with Crippen molar-refractivity contribution in [1.29, 1.82) is 0 Å². The molecule has 1 heterocycles. The van der Waals surface area contributed by atoms with Gasteiger partial charge in [-0.2, -0.15) is 0 Å². The molecule has 1 aliphatic rings. The van der Waals surface area contributed by atoms with Crippen LogP contribution in [-0.2, 0) is 9.59 Å². The van der Waals surface area contributed by atoms with Gasteiger partial charge in [-0.1, -0.05) is 35.9 Å². The van der Waals surface area contributed by atoms with Crippen LogP contribution in [0.3, 0.4) is 0 Å². The predicted octanol–water partition coefficient (Wildman–Crippen LogP) is 2.99. The smallest absolute Gasteiger partial charge is 0.251 e. The highest BCUT2D eigenvalue weighted by Gasteiger charge is 2.31. The van der Waals surface area contributed by atoms with E-state index in [1.165, 1.54) is 0 Å². The second-order valence-corrected chi connectivity index (χ2v) is 7.54. The molecule has 1 saturated heterocycles. The van der Waals surface area contributed by atoms with E-state index in [-0.39, 0.29) is 23.6 Å². The molecule has 3 amide bonds. The van der Waals surface area contributed by atoms with Crippen molar-refractivity contribution in [3.05, 3.63) is 65.7 Å². The summed E-state index contributed by atoms with van der Waals surface area (Å²) in [6.45, 7) is 4.56. The van der Waals surface area contributed by atoms with E-state index in [2.05, 4.69) is 10.6 Å². The quantitative estimate of drug-likeness (QED) is 0.820. The molecule has 0 spiro atoms. The fourth-order valence-electron chi connectivity index (χ4n) is 3.56. The van der Waals surface area contributed by atoms with Crippen LogP contribution in [0.2, 0.25) is 0 Å². The van der Waals surface area contributed by atoms with Crippen molar-refractivity contribution in [3.63, 3.8) is 0 Å². The van der Waals surface area contributed by atoms with E-state index in [4.69, 9.17) is 0 Å². The molecule has 0 aromatic heterocycles. The Morgan fingerprint density at radius 1 is 1.07 bits per heavy atom. The summed E-state index contributed by atoms with van der Waals surface area (Å²) in [7, 11) is 0. The van der Waals surface area contributed by atoms with E-state index in [0.717, 1.165) is 24.1 Å². The third-order valence-corrected chi connectivity index (χ3v) is 5.14. The zero-order chi connectivity index (χ0) is 20.8. The molecule has 3 rings (SSSR count). The summed E-state index contributed by atoms with van der Waals surface area (Å²) in [5.74, 6) is -0.772. The third kappa shape index (κ3) is 5.44. The number of nitrogens with zero attached hydrogens (tertiary/aromatic N) is 1. The van der Waals surface area contributed by atoms with Gasteiger partial charge in [0.25, 0.3) is 5.91 Å². The maximum absolute atomic E-state index is 12.8. The molecule has 1 aliphatic heterocycles. The fourth-order valence-corrected chi connectivity index (χ4v) is 3.56. The molecule has 29 heavy (non-hydrogen) atoms. The summed E-state index contributed by atoms with van der Waals surface area (Å²) in [6, 6.07) is 15.9. The van der Waals surface area contributed by atoms with Gasteiger partial charge in [-0.15, -0.1) is 0 Å². The molecule has 0 radical (unpaired) electrons. The number of benzene rings is 2. The number of rotatable bonds is 5. The number of carbonyl (C=O) groups excluding carboxylic acids is 3. The van der Waals surface area contributed by atoms with Gasteiger partial charge in [-0.25, -0.2) is 0 Å². The number of aryl methyl sites for hydroxylation is 1. The Morgan fingerprint density at radius 2 is 1.83 bits per heavy atom. The highest BCUT2D eigenvalue weighted by atomic mass is 16.2. The van der Waals surface area contributed by atoms with Crippen molar-refractivity contribution < 1.29 is 14.4 Å². The molecule has 152 valence electrons. The second-order valence-electron chi connectivity index (χ2n) is 7.54. The average Bonchev–Trinajstić information content (AvgIpc) is 2.74. The van der Waals surface area contributed by atoms with Crippen LogP contribution >= 0.6 is 0 Å². The minimum atomic E-state index is -0.654.